The van der Waals surface area contributed by atoms with E-state index in [2.05, 4.69) is 24.5 Å². The summed E-state index contributed by atoms with van der Waals surface area (Å²) in [5.74, 6) is -0.179. The van der Waals surface area contributed by atoms with Crippen molar-refractivity contribution in [2.75, 3.05) is 37.5 Å². The highest BCUT2D eigenvalue weighted by Gasteiger charge is 2.24. The normalized spacial score (nSPS) is 11.2. The van der Waals surface area contributed by atoms with Crippen molar-refractivity contribution >= 4 is 17.3 Å². The summed E-state index contributed by atoms with van der Waals surface area (Å²) >= 11 is 0. The van der Waals surface area contributed by atoms with Gasteiger partial charge in [-0.25, -0.2) is 0 Å². The lowest BCUT2D eigenvalue weighted by atomic mass is 9.83. The van der Waals surface area contributed by atoms with Crippen LogP contribution in [-0.2, 0) is 9.53 Å². The highest BCUT2D eigenvalue weighted by atomic mass is 16.5. The predicted molar refractivity (Wildman–Crippen MR) is 85.5 cm³/mol. The maximum Gasteiger partial charge on any atom is 0.250 e. The van der Waals surface area contributed by atoms with Gasteiger partial charge < -0.3 is 20.5 Å². The van der Waals surface area contributed by atoms with E-state index < -0.39 is 0 Å². The lowest BCUT2D eigenvalue weighted by molar-refractivity contribution is -0.119. The molecule has 1 rings (SSSR count). The number of methoxy groups -OCH3 is 1. The van der Waals surface area contributed by atoms with E-state index in [1.807, 2.05) is 24.3 Å². The molecule has 0 unspecified atom stereocenters. The average Bonchev–Trinajstić information content (AvgIpc) is 2.50. The standard InChI is InChI=1S/C16H26N2O3/c1-4-16(5-2,12-19)11-17-13-7-6-8-14(9-13)18-15(20)10-21-3/h6-9,17,19H,4-5,10-12H2,1-3H3,(H,18,20). The zero-order valence-corrected chi connectivity index (χ0v) is 13.1. The average molecular weight is 294 g/mol. The van der Waals surface area contributed by atoms with Crippen molar-refractivity contribution in [2.45, 2.75) is 26.7 Å². The number of aliphatic hydroxyl groups excluding tert-OH is 1. The Labute approximate surface area is 126 Å². The Hall–Kier alpha value is -1.59. The third kappa shape index (κ3) is 5.36. The van der Waals surface area contributed by atoms with Gasteiger partial charge in [-0.15, -0.1) is 0 Å². The molecule has 0 heterocycles. The van der Waals surface area contributed by atoms with Crippen LogP contribution in [0.25, 0.3) is 0 Å². The van der Waals surface area contributed by atoms with Crippen molar-refractivity contribution in [3.63, 3.8) is 0 Å². The topological polar surface area (TPSA) is 70.6 Å². The van der Waals surface area contributed by atoms with Gasteiger partial charge in [0.2, 0.25) is 5.91 Å². The summed E-state index contributed by atoms with van der Waals surface area (Å²) in [7, 11) is 1.49. The molecule has 0 atom stereocenters. The maximum absolute atomic E-state index is 11.5. The number of amides is 1. The van der Waals surface area contributed by atoms with Gasteiger partial charge in [0, 0.05) is 30.4 Å². The summed E-state index contributed by atoms with van der Waals surface area (Å²) in [5.41, 5.74) is 1.55. The Morgan fingerprint density at radius 3 is 2.52 bits per heavy atom. The van der Waals surface area contributed by atoms with E-state index in [4.69, 9.17) is 4.74 Å². The fraction of sp³-hybridized carbons (Fsp3) is 0.562. The minimum absolute atomic E-state index is 0.0386. The first-order valence-electron chi connectivity index (χ1n) is 7.32. The van der Waals surface area contributed by atoms with Crippen LogP contribution in [0.1, 0.15) is 26.7 Å². The zero-order chi connectivity index (χ0) is 15.7. The Balaban J connectivity index is 2.66. The first-order valence-corrected chi connectivity index (χ1v) is 7.32. The van der Waals surface area contributed by atoms with Crippen LogP contribution in [-0.4, -0.2) is 37.9 Å². The smallest absolute Gasteiger partial charge is 0.250 e. The van der Waals surface area contributed by atoms with Crippen molar-refractivity contribution in [1.82, 2.24) is 0 Å². The monoisotopic (exact) mass is 294 g/mol. The van der Waals surface area contributed by atoms with E-state index >= 15 is 0 Å². The molecule has 1 aromatic rings. The van der Waals surface area contributed by atoms with Crippen LogP contribution in [0.5, 0.6) is 0 Å². The molecule has 0 aliphatic rings. The van der Waals surface area contributed by atoms with Gasteiger partial charge in [-0.3, -0.25) is 4.79 Å². The molecular weight excluding hydrogens is 268 g/mol. The van der Waals surface area contributed by atoms with Crippen molar-refractivity contribution < 1.29 is 14.6 Å². The molecule has 0 saturated carbocycles. The molecule has 1 aromatic carbocycles. The van der Waals surface area contributed by atoms with Crippen LogP contribution in [0.2, 0.25) is 0 Å². The molecule has 0 radical (unpaired) electrons. The molecule has 21 heavy (non-hydrogen) atoms. The highest BCUT2D eigenvalue weighted by Crippen LogP contribution is 2.26. The molecule has 1 amide bonds. The first-order chi connectivity index (χ1) is 10.1. The number of hydrogen-bond acceptors (Lipinski definition) is 4. The second-order valence-electron chi connectivity index (χ2n) is 5.28. The maximum atomic E-state index is 11.5. The van der Waals surface area contributed by atoms with Gasteiger partial charge >= 0.3 is 0 Å². The number of aliphatic hydroxyl groups is 1. The van der Waals surface area contributed by atoms with Gasteiger partial charge in [0.05, 0.1) is 6.61 Å². The number of rotatable bonds is 9. The molecule has 0 aliphatic carbocycles. The summed E-state index contributed by atoms with van der Waals surface area (Å²) in [6, 6.07) is 7.53. The fourth-order valence-corrected chi connectivity index (χ4v) is 2.10. The summed E-state index contributed by atoms with van der Waals surface area (Å²) in [6.45, 7) is 5.08. The van der Waals surface area contributed by atoms with Gasteiger partial charge in [0.25, 0.3) is 0 Å². The summed E-state index contributed by atoms with van der Waals surface area (Å²) in [6.07, 6.45) is 1.83. The number of carbonyl (C=O) groups is 1. The lowest BCUT2D eigenvalue weighted by Crippen LogP contribution is -2.32. The van der Waals surface area contributed by atoms with E-state index in [0.717, 1.165) is 24.2 Å². The molecular formula is C16H26N2O3. The second-order valence-corrected chi connectivity index (χ2v) is 5.28. The molecule has 5 heteroatoms. The van der Waals surface area contributed by atoms with Crippen molar-refractivity contribution in [2.24, 2.45) is 5.41 Å². The zero-order valence-electron chi connectivity index (χ0n) is 13.1. The Bertz CT molecular complexity index is 437. The molecule has 0 bridgehead atoms. The minimum Gasteiger partial charge on any atom is -0.396 e. The van der Waals surface area contributed by atoms with Crippen molar-refractivity contribution in [3.8, 4) is 0 Å². The van der Waals surface area contributed by atoms with Gasteiger partial charge in [0.15, 0.2) is 0 Å². The number of benzene rings is 1. The Morgan fingerprint density at radius 1 is 1.29 bits per heavy atom. The Morgan fingerprint density at radius 2 is 1.95 bits per heavy atom. The number of carbonyl (C=O) groups excluding carboxylic acids is 1. The quantitative estimate of drug-likeness (QED) is 0.654. The molecule has 0 aromatic heterocycles. The van der Waals surface area contributed by atoms with Gasteiger partial charge in [-0.05, 0) is 31.0 Å². The third-order valence-electron chi connectivity index (χ3n) is 3.92. The minimum atomic E-state index is -0.179. The first kappa shape index (κ1) is 17.5. The van der Waals surface area contributed by atoms with Crippen LogP contribution in [0, 0.1) is 5.41 Å². The van der Waals surface area contributed by atoms with E-state index in [1.165, 1.54) is 7.11 Å². The van der Waals surface area contributed by atoms with Gasteiger partial charge in [0.1, 0.15) is 6.61 Å². The van der Waals surface area contributed by atoms with Crippen LogP contribution in [0.4, 0.5) is 11.4 Å². The van der Waals surface area contributed by atoms with Gasteiger partial charge in [-0.2, -0.15) is 0 Å². The highest BCUT2D eigenvalue weighted by molar-refractivity contribution is 5.92. The lowest BCUT2D eigenvalue weighted by Gasteiger charge is -2.30. The number of anilines is 2. The van der Waals surface area contributed by atoms with Crippen LogP contribution < -0.4 is 10.6 Å². The van der Waals surface area contributed by atoms with Crippen LogP contribution in [0.3, 0.4) is 0 Å². The summed E-state index contributed by atoms with van der Waals surface area (Å²) < 4.78 is 4.79. The van der Waals surface area contributed by atoms with Crippen molar-refractivity contribution in [3.05, 3.63) is 24.3 Å². The molecule has 5 nitrogen and oxygen atoms in total. The summed E-state index contributed by atoms with van der Waals surface area (Å²) in [4.78, 5) is 11.5. The number of nitrogens with one attached hydrogen (secondary N) is 2. The largest absolute Gasteiger partial charge is 0.396 e. The van der Waals surface area contributed by atoms with E-state index in [-0.39, 0.29) is 24.5 Å². The molecule has 118 valence electrons. The van der Waals surface area contributed by atoms with Crippen LogP contribution in [0.15, 0.2) is 24.3 Å². The third-order valence-corrected chi connectivity index (χ3v) is 3.92. The Kier molecular flexibility index (Phi) is 7.19. The number of ether oxygens (including phenoxy) is 1. The summed E-state index contributed by atoms with van der Waals surface area (Å²) in [5, 5.41) is 15.7. The number of hydrogen-bond donors (Lipinski definition) is 3. The second kappa shape index (κ2) is 8.64. The molecule has 0 aliphatic heterocycles. The van der Waals surface area contributed by atoms with Crippen molar-refractivity contribution in [1.29, 1.82) is 0 Å². The molecule has 0 fully saturated rings. The van der Waals surface area contributed by atoms with Crippen LogP contribution >= 0.6 is 0 Å². The van der Waals surface area contributed by atoms with Gasteiger partial charge in [-0.1, -0.05) is 19.9 Å². The predicted octanol–water partition coefficient (Wildman–Crippen LogP) is 2.48. The van der Waals surface area contributed by atoms with E-state index in [1.54, 1.807) is 0 Å². The molecule has 0 saturated heterocycles. The van der Waals surface area contributed by atoms with E-state index in [0.29, 0.717) is 6.54 Å². The fourth-order valence-electron chi connectivity index (χ4n) is 2.10. The molecule has 3 N–H and O–H groups in total. The molecule has 0 spiro atoms. The van der Waals surface area contributed by atoms with E-state index in [9.17, 15) is 9.90 Å². The SMILES string of the molecule is CCC(CC)(CO)CNc1cccc(NC(=O)COC)c1.